The maximum absolute atomic E-state index is 12.2. The minimum atomic E-state index is -2.13. The van der Waals surface area contributed by atoms with Crippen LogP contribution in [0, 0.1) is 0 Å². The predicted molar refractivity (Wildman–Crippen MR) is 476 cm³/mol. The van der Waals surface area contributed by atoms with Gasteiger partial charge in [0, 0.05) is 30.4 Å². The average Bonchev–Trinajstić information content (AvgIpc) is 0.795. The Hall–Kier alpha value is -12.3. The lowest BCUT2D eigenvalue weighted by Gasteiger charge is -2.28. The molecule has 126 heavy (non-hydrogen) atoms. The maximum Gasteiger partial charge on any atom is 0.530 e. The van der Waals surface area contributed by atoms with Crippen LogP contribution in [0.3, 0.4) is 0 Å². The number of carbonyl (C=O) groups is 9. The fraction of sp³-hybridized carbons (Fsp3) is 0.344. The molecule has 0 fully saturated rings. The van der Waals surface area contributed by atoms with Crippen molar-refractivity contribution >= 4 is 79.5 Å². The number of ether oxygens (including phenoxy) is 9. The molecule has 672 valence electrons. The number of benzene rings is 9. The molecule has 0 aliphatic rings. The van der Waals surface area contributed by atoms with Crippen LogP contribution in [0.5, 0.6) is 51.7 Å². The smallest absolute Gasteiger partial charge is 0.469 e. The molecule has 0 aromatic heterocycles. The molecule has 0 atom stereocenters. The highest BCUT2D eigenvalue weighted by atomic mass is 31.2. The number of rotatable bonds is 39. The molecule has 0 amide bonds. The van der Waals surface area contributed by atoms with Gasteiger partial charge in [-0.05, 0) is 188 Å². The highest BCUT2D eigenvalue weighted by molar-refractivity contribution is 7.43. The summed E-state index contributed by atoms with van der Waals surface area (Å²) in [5.41, 5.74) is 9.27. The minimum absolute atomic E-state index is 0.127. The number of esters is 9. The van der Waals surface area contributed by atoms with E-state index in [1.54, 1.807) is 115 Å². The SMILES string of the molecule is COC(=O)CCc1ccc(OP(Oc2ccc(CCC(=O)OC)cc2)Oc2ccc(CCC(=O)OC)cc2)cc1.COC(=O)Cc1ccc(OP(Oc2ccc(CC(=O)OC)c(C(C)(C)C)c2)Oc2ccc(CC(=O)OC)cc2C(C)(C)C)c(C(C)(C)C)c1.COC(=O)Cc1ccc(OP(Oc2ccc(CC(=O)OC)cc2)Oc2ccc(CC(=O)OC)cc2)cc1. The third-order valence-corrected chi connectivity index (χ3v) is 21.9. The molecule has 0 saturated carbocycles. The van der Waals surface area contributed by atoms with Gasteiger partial charge in [0.05, 0.1) is 103 Å². The van der Waals surface area contributed by atoms with E-state index in [1.807, 2.05) is 84.9 Å². The summed E-state index contributed by atoms with van der Waals surface area (Å²) in [6, 6.07) is 59.5. The second-order valence-electron chi connectivity index (χ2n) is 31.3. The molecule has 30 heteroatoms. The Bertz CT molecular complexity index is 4650. The molecule has 0 aliphatic carbocycles. The first kappa shape index (κ1) is 101. The molecule has 0 unspecified atom stereocenters. The second kappa shape index (κ2) is 50.0. The van der Waals surface area contributed by atoms with Crippen molar-refractivity contribution in [1.29, 1.82) is 0 Å². The number of hydrogen-bond acceptors (Lipinski definition) is 27. The zero-order chi connectivity index (χ0) is 92.1. The van der Waals surface area contributed by atoms with Gasteiger partial charge in [-0.15, -0.1) is 0 Å². The Labute approximate surface area is 740 Å². The van der Waals surface area contributed by atoms with Crippen molar-refractivity contribution in [3.63, 3.8) is 0 Å². The number of carbonyl (C=O) groups excluding carboxylic acids is 9. The minimum Gasteiger partial charge on any atom is -0.469 e. The second-order valence-corrected chi connectivity index (χ2v) is 34.3. The molecule has 9 aromatic carbocycles. The molecule has 0 aliphatic heterocycles. The van der Waals surface area contributed by atoms with Gasteiger partial charge in [0.1, 0.15) is 51.7 Å². The Balaban J connectivity index is 0.000000262. The lowest BCUT2D eigenvalue weighted by molar-refractivity contribution is -0.141. The fourth-order valence-corrected chi connectivity index (χ4v) is 14.7. The number of hydrogen-bond donors (Lipinski definition) is 0. The van der Waals surface area contributed by atoms with Gasteiger partial charge in [0.2, 0.25) is 0 Å². The van der Waals surface area contributed by atoms with Crippen molar-refractivity contribution in [1.82, 2.24) is 0 Å². The van der Waals surface area contributed by atoms with E-state index >= 15 is 0 Å². The van der Waals surface area contributed by atoms with Crippen molar-refractivity contribution in [2.24, 2.45) is 0 Å². The summed E-state index contributed by atoms with van der Waals surface area (Å²) in [5, 5.41) is 0. The first-order chi connectivity index (χ1) is 60.0. The third kappa shape index (κ3) is 35.0. The Morgan fingerprint density at radius 2 is 0.421 bits per heavy atom. The van der Waals surface area contributed by atoms with Crippen LogP contribution in [-0.2, 0) is 160 Å². The summed E-state index contributed by atoms with van der Waals surface area (Å²) in [6.45, 7) is 18.6. The van der Waals surface area contributed by atoms with Gasteiger partial charge in [0.25, 0.3) is 0 Å². The lowest BCUT2D eigenvalue weighted by Crippen LogP contribution is -2.18. The Morgan fingerprint density at radius 1 is 0.214 bits per heavy atom. The van der Waals surface area contributed by atoms with Crippen LogP contribution in [0.2, 0.25) is 0 Å². The summed E-state index contributed by atoms with van der Waals surface area (Å²) in [4.78, 5) is 105. The molecule has 0 heterocycles. The van der Waals surface area contributed by atoms with E-state index in [9.17, 15) is 43.2 Å². The molecule has 0 bridgehead atoms. The average molecular weight is 1790 g/mol. The largest absolute Gasteiger partial charge is 0.530 e. The van der Waals surface area contributed by atoms with Gasteiger partial charge < -0.3 is 83.3 Å². The van der Waals surface area contributed by atoms with E-state index in [4.69, 9.17) is 83.3 Å². The van der Waals surface area contributed by atoms with Crippen molar-refractivity contribution in [2.75, 3.05) is 64.0 Å². The van der Waals surface area contributed by atoms with Crippen LogP contribution >= 0.6 is 25.8 Å². The van der Waals surface area contributed by atoms with E-state index < -0.39 is 25.8 Å². The molecule has 0 radical (unpaired) electrons. The van der Waals surface area contributed by atoms with E-state index in [0.717, 1.165) is 66.8 Å². The summed E-state index contributed by atoms with van der Waals surface area (Å²) >= 11 is 0. The van der Waals surface area contributed by atoms with Gasteiger partial charge in [-0.3, -0.25) is 43.2 Å². The summed E-state index contributed by atoms with van der Waals surface area (Å²) < 4.78 is 99.0. The first-order valence-electron chi connectivity index (χ1n) is 40.1. The normalized spacial score (nSPS) is 11.0. The molecule has 0 spiro atoms. The summed E-state index contributed by atoms with van der Waals surface area (Å²) in [5.74, 6) is 1.83. The molecular weight excluding hydrogens is 1680 g/mol. The van der Waals surface area contributed by atoms with E-state index in [1.165, 1.54) is 64.0 Å². The lowest BCUT2D eigenvalue weighted by atomic mass is 9.83. The molecule has 27 nitrogen and oxygen atoms in total. The first-order valence-corrected chi connectivity index (χ1v) is 43.4. The Morgan fingerprint density at radius 3 is 0.667 bits per heavy atom. The topological polar surface area (TPSA) is 320 Å². The van der Waals surface area contributed by atoms with Gasteiger partial charge in [0.15, 0.2) is 0 Å². The summed E-state index contributed by atoms with van der Waals surface area (Å²) in [7, 11) is 6.25. The predicted octanol–water partition coefficient (Wildman–Crippen LogP) is 18.9. The highest BCUT2D eigenvalue weighted by Crippen LogP contribution is 2.50. The standard InChI is InChI=1S/C39H51O9P.C30H33O9P.C27H27O9P/c1-37(2,3)29-24-28(16-15-27(29)23-36(42)45-12)46-49(47-32-17-13-25(21-34(40)43-10)19-30(32)38(4,5)6)48-33-18-14-26(22-35(41)44-11)20-31(33)39(7,8)9;1-34-28(31)19-10-22-4-13-25(14-5-22)37-40(38-26-15-6-23(7-16-26)11-20-29(32)35-2)39-27-17-8-24(9-18-27)12-21-30(33)36-3;1-31-25(28)16-19-4-10-22(11-5-19)34-37(35-23-12-6-20(7-13-23)17-26(29)32-2)36-24-14-8-21(9-15-24)18-27(30)33-3/h13-20,24H,21-23H2,1-12H3;4-9,13-18H,10-12,19-21H2,1-3H3;4-15H,16-18H2,1-3H3. The molecular formula is C96H111O27P3. The molecule has 9 rings (SSSR count). The monoisotopic (exact) mass is 1790 g/mol. The quantitative estimate of drug-likeness (QED) is 0.0196. The van der Waals surface area contributed by atoms with Gasteiger partial charge >= 0.3 is 79.5 Å². The van der Waals surface area contributed by atoms with E-state index in [-0.39, 0.29) is 108 Å². The summed E-state index contributed by atoms with van der Waals surface area (Å²) in [6.07, 6.45) is 3.37. The highest BCUT2D eigenvalue weighted by Gasteiger charge is 2.32. The zero-order valence-corrected chi connectivity index (χ0v) is 77.1. The molecule has 0 saturated heterocycles. The third-order valence-electron chi connectivity index (χ3n) is 18.7. The van der Waals surface area contributed by atoms with Crippen LogP contribution in [0.15, 0.2) is 200 Å². The molecule has 9 aromatic rings. The van der Waals surface area contributed by atoms with Gasteiger partial charge in [-0.25, -0.2) is 0 Å². The van der Waals surface area contributed by atoms with Gasteiger partial charge in [-0.1, -0.05) is 165 Å². The van der Waals surface area contributed by atoms with Crippen molar-refractivity contribution in [3.8, 4) is 51.7 Å². The number of aryl methyl sites for hydroxylation is 3. The van der Waals surface area contributed by atoms with E-state index in [0.29, 0.717) is 90.3 Å². The number of methoxy groups -OCH3 is 9. The van der Waals surface area contributed by atoms with Crippen LogP contribution in [0.4, 0.5) is 0 Å². The van der Waals surface area contributed by atoms with Crippen molar-refractivity contribution in [3.05, 3.63) is 267 Å². The Kier molecular flexibility index (Phi) is 40.0. The van der Waals surface area contributed by atoms with Gasteiger partial charge in [-0.2, -0.15) is 0 Å². The molecule has 0 N–H and O–H groups in total. The van der Waals surface area contributed by atoms with Crippen LogP contribution in [0.1, 0.15) is 148 Å². The van der Waals surface area contributed by atoms with Crippen LogP contribution in [-0.4, -0.2) is 118 Å². The van der Waals surface area contributed by atoms with Crippen molar-refractivity contribution < 1.29 is 126 Å². The zero-order valence-electron chi connectivity index (χ0n) is 74.4. The van der Waals surface area contributed by atoms with Crippen LogP contribution in [0.25, 0.3) is 0 Å². The fourth-order valence-electron chi connectivity index (χ4n) is 11.7. The van der Waals surface area contributed by atoms with Crippen molar-refractivity contribution in [2.45, 2.75) is 156 Å². The van der Waals surface area contributed by atoms with E-state index in [2.05, 4.69) is 62.3 Å². The maximum atomic E-state index is 12.2. The van der Waals surface area contributed by atoms with Crippen LogP contribution < -0.4 is 40.7 Å².